The molecule has 0 aliphatic carbocycles. The first kappa shape index (κ1) is 12.5. The van der Waals surface area contributed by atoms with E-state index in [2.05, 4.69) is 20.2 Å². The maximum absolute atomic E-state index is 4.23. The maximum atomic E-state index is 4.23. The van der Waals surface area contributed by atoms with Crippen molar-refractivity contribution in [1.82, 2.24) is 20.2 Å². The molecule has 17 heavy (non-hydrogen) atoms. The minimum atomic E-state index is 0.827. The Hall–Kier alpha value is -1.00. The average Bonchev–Trinajstić information content (AvgIpc) is 2.41. The lowest BCUT2D eigenvalue weighted by Gasteiger charge is -2.26. The minimum Gasteiger partial charge on any atom is -0.311 e. The molecule has 1 aromatic heterocycles. The fourth-order valence-corrected chi connectivity index (χ4v) is 2.25. The molecule has 1 N–H and O–H groups in total. The van der Waals surface area contributed by atoms with Gasteiger partial charge in [0.15, 0.2) is 0 Å². The van der Waals surface area contributed by atoms with Gasteiger partial charge in [0, 0.05) is 25.1 Å². The van der Waals surface area contributed by atoms with Crippen LogP contribution >= 0.6 is 0 Å². The summed E-state index contributed by atoms with van der Waals surface area (Å²) in [6.45, 7) is 5.71. The Morgan fingerprint density at radius 2 is 2.06 bits per heavy atom. The van der Waals surface area contributed by atoms with Crippen LogP contribution < -0.4 is 5.32 Å². The van der Waals surface area contributed by atoms with Crippen LogP contribution in [0.2, 0.25) is 0 Å². The van der Waals surface area contributed by atoms with E-state index in [4.69, 9.17) is 0 Å². The molecule has 1 aliphatic heterocycles. The standard InChI is InChI=1S/C13H22N4/c1-2-8-17(9-3-1)10-4-5-14-11-13-12-15-6-7-16-13/h6-7,12,14H,1-5,8-11H2. The van der Waals surface area contributed by atoms with E-state index in [1.807, 2.05) is 6.20 Å². The third kappa shape index (κ3) is 4.79. The first-order chi connectivity index (χ1) is 8.45. The monoisotopic (exact) mass is 234 g/mol. The first-order valence-corrected chi connectivity index (χ1v) is 6.63. The maximum Gasteiger partial charge on any atom is 0.0724 e. The van der Waals surface area contributed by atoms with Crippen molar-refractivity contribution in [2.45, 2.75) is 32.2 Å². The van der Waals surface area contributed by atoms with Gasteiger partial charge in [0.1, 0.15) is 0 Å². The molecule has 0 unspecified atom stereocenters. The van der Waals surface area contributed by atoms with Gasteiger partial charge in [-0.1, -0.05) is 6.42 Å². The number of nitrogens with zero attached hydrogens (tertiary/aromatic N) is 3. The van der Waals surface area contributed by atoms with E-state index in [1.54, 1.807) is 12.4 Å². The summed E-state index contributed by atoms with van der Waals surface area (Å²) in [5.41, 5.74) is 1.02. The van der Waals surface area contributed by atoms with E-state index in [-0.39, 0.29) is 0 Å². The Kier molecular flexibility index (Phi) is 5.39. The molecule has 0 bridgehead atoms. The second-order valence-electron chi connectivity index (χ2n) is 4.63. The van der Waals surface area contributed by atoms with Gasteiger partial charge in [0.25, 0.3) is 0 Å². The van der Waals surface area contributed by atoms with Crippen LogP contribution in [-0.4, -0.2) is 41.0 Å². The third-order valence-corrected chi connectivity index (χ3v) is 3.20. The van der Waals surface area contributed by atoms with Crippen molar-refractivity contribution in [3.8, 4) is 0 Å². The number of aromatic nitrogens is 2. The molecule has 1 fully saturated rings. The summed E-state index contributed by atoms with van der Waals surface area (Å²) in [6, 6.07) is 0. The Morgan fingerprint density at radius 1 is 1.18 bits per heavy atom. The van der Waals surface area contributed by atoms with Crippen LogP contribution in [-0.2, 0) is 6.54 Å². The molecule has 2 heterocycles. The van der Waals surface area contributed by atoms with E-state index in [9.17, 15) is 0 Å². The van der Waals surface area contributed by atoms with Crippen LogP contribution in [0.15, 0.2) is 18.6 Å². The predicted molar refractivity (Wildman–Crippen MR) is 68.6 cm³/mol. The topological polar surface area (TPSA) is 41.1 Å². The summed E-state index contributed by atoms with van der Waals surface area (Å²) in [5, 5.41) is 3.41. The van der Waals surface area contributed by atoms with Gasteiger partial charge in [-0.05, 0) is 45.4 Å². The van der Waals surface area contributed by atoms with Crippen molar-refractivity contribution in [1.29, 1.82) is 0 Å². The number of piperidine rings is 1. The van der Waals surface area contributed by atoms with Crippen LogP contribution in [0.25, 0.3) is 0 Å². The third-order valence-electron chi connectivity index (χ3n) is 3.20. The van der Waals surface area contributed by atoms with Crippen molar-refractivity contribution in [3.63, 3.8) is 0 Å². The highest BCUT2D eigenvalue weighted by Gasteiger charge is 2.08. The van der Waals surface area contributed by atoms with Gasteiger partial charge in [-0.3, -0.25) is 9.97 Å². The van der Waals surface area contributed by atoms with E-state index in [0.717, 1.165) is 18.8 Å². The van der Waals surface area contributed by atoms with Crippen LogP contribution in [0.5, 0.6) is 0 Å². The Morgan fingerprint density at radius 3 is 2.82 bits per heavy atom. The highest BCUT2D eigenvalue weighted by molar-refractivity contribution is 4.93. The van der Waals surface area contributed by atoms with Gasteiger partial charge in [-0.2, -0.15) is 0 Å². The molecule has 0 spiro atoms. The molecular formula is C13H22N4. The zero-order valence-corrected chi connectivity index (χ0v) is 10.4. The molecule has 2 rings (SSSR count). The molecule has 0 atom stereocenters. The Balaban J connectivity index is 1.51. The van der Waals surface area contributed by atoms with E-state index in [0.29, 0.717) is 0 Å². The normalized spacial score (nSPS) is 17.2. The number of rotatable bonds is 6. The number of nitrogens with one attached hydrogen (secondary N) is 1. The Labute approximate surface area is 103 Å². The SMILES string of the molecule is c1cnc(CNCCCN2CCCCC2)cn1. The predicted octanol–water partition coefficient (Wildman–Crippen LogP) is 1.44. The zero-order valence-electron chi connectivity index (χ0n) is 10.4. The molecular weight excluding hydrogens is 212 g/mol. The first-order valence-electron chi connectivity index (χ1n) is 6.63. The van der Waals surface area contributed by atoms with Crippen molar-refractivity contribution < 1.29 is 0 Å². The van der Waals surface area contributed by atoms with Crippen molar-refractivity contribution in [2.75, 3.05) is 26.2 Å². The van der Waals surface area contributed by atoms with Crippen LogP contribution in [0.1, 0.15) is 31.4 Å². The molecule has 0 saturated carbocycles. The molecule has 94 valence electrons. The summed E-state index contributed by atoms with van der Waals surface area (Å²) >= 11 is 0. The number of hydrogen-bond acceptors (Lipinski definition) is 4. The molecule has 0 aromatic carbocycles. The quantitative estimate of drug-likeness (QED) is 0.756. The Bertz CT molecular complexity index is 296. The lowest BCUT2D eigenvalue weighted by molar-refractivity contribution is 0.225. The summed E-state index contributed by atoms with van der Waals surface area (Å²) in [5.74, 6) is 0. The highest BCUT2D eigenvalue weighted by Crippen LogP contribution is 2.08. The highest BCUT2D eigenvalue weighted by atomic mass is 15.1. The van der Waals surface area contributed by atoms with Gasteiger partial charge in [-0.15, -0.1) is 0 Å². The zero-order chi connectivity index (χ0) is 11.8. The minimum absolute atomic E-state index is 0.827. The summed E-state index contributed by atoms with van der Waals surface area (Å²) in [4.78, 5) is 10.9. The summed E-state index contributed by atoms with van der Waals surface area (Å²) in [6.07, 6.45) is 10.7. The summed E-state index contributed by atoms with van der Waals surface area (Å²) < 4.78 is 0. The van der Waals surface area contributed by atoms with Gasteiger partial charge in [0.05, 0.1) is 5.69 Å². The largest absolute Gasteiger partial charge is 0.311 e. The lowest BCUT2D eigenvalue weighted by Crippen LogP contribution is -2.32. The van der Waals surface area contributed by atoms with Crippen LogP contribution in [0, 0.1) is 0 Å². The molecule has 0 radical (unpaired) electrons. The molecule has 1 aliphatic rings. The molecule has 4 nitrogen and oxygen atoms in total. The van der Waals surface area contributed by atoms with Gasteiger partial charge >= 0.3 is 0 Å². The molecule has 0 amide bonds. The van der Waals surface area contributed by atoms with E-state index >= 15 is 0 Å². The second kappa shape index (κ2) is 7.35. The summed E-state index contributed by atoms with van der Waals surface area (Å²) in [7, 11) is 0. The van der Waals surface area contributed by atoms with Crippen LogP contribution in [0.3, 0.4) is 0 Å². The van der Waals surface area contributed by atoms with Crippen LogP contribution in [0.4, 0.5) is 0 Å². The van der Waals surface area contributed by atoms with E-state index in [1.165, 1.54) is 45.3 Å². The molecule has 4 heteroatoms. The lowest BCUT2D eigenvalue weighted by atomic mass is 10.1. The number of likely N-dealkylation sites (tertiary alicyclic amines) is 1. The fourth-order valence-electron chi connectivity index (χ4n) is 2.25. The van der Waals surface area contributed by atoms with E-state index < -0.39 is 0 Å². The smallest absolute Gasteiger partial charge is 0.0724 e. The van der Waals surface area contributed by atoms with Crippen molar-refractivity contribution in [2.24, 2.45) is 0 Å². The fraction of sp³-hybridized carbons (Fsp3) is 0.692. The van der Waals surface area contributed by atoms with Gasteiger partial charge < -0.3 is 10.2 Å². The van der Waals surface area contributed by atoms with Gasteiger partial charge in [0.2, 0.25) is 0 Å². The van der Waals surface area contributed by atoms with Crippen molar-refractivity contribution >= 4 is 0 Å². The average molecular weight is 234 g/mol. The molecule has 1 saturated heterocycles. The van der Waals surface area contributed by atoms with Gasteiger partial charge in [-0.25, -0.2) is 0 Å². The molecule has 1 aromatic rings. The van der Waals surface area contributed by atoms with Crippen molar-refractivity contribution in [3.05, 3.63) is 24.3 Å². The second-order valence-corrected chi connectivity index (χ2v) is 4.63. The number of hydrogen-bond donors (Lipinski definition) is 1.